The van der Waals surface area contributed by atoms with Crippen molar-refractivity contribution in [3.63, 3.8) is 0 Å². The molecule has 1 saturated carbocycles. The van der Waals surface area contributed by atoms with E-state index in [9.17, 15) is 4.79 Å². The van der Waals surface area contributed by atoms with Gasteiger partial charge in [0.15, 0.2) is 0 Å². The van der Waals surface area contributed by atoms with Gasteiger partial charge in [0.05, 0.1) is 0 Å². The number of nitrogens with zero attached hydrogens (tertiary/aromatic N) is 2. The number of likely N-dealkylation sites (tertiary alicyclic amines) is 1. The standard InChI is InChI=1S/C16H29N3O/c1-3-19(13(2)20)14-4-8-18(9-5-14)15-10-16(11-15)6-7-17-12-16/h14-15,17H,3-12H2,1-2H3. The second kappa shape index (κ2) is 5.64. The van der Waals surface area contributed by atoms with E-state index in [0.29, 0.717) is 11.5 Å². The third-order valence-electron chi connectivity index (χ3n) is 5.87. The lowest BCUT2D eigenvalue weighted by Gasteiger charge is -2.52. The third-order valence-corrected chi connectivity index (χ3v) is 5.87. The molecule has 2 saturated heterocycles. The molecule has 2 aliphatic heterocycles. The monoisotopic (exact) mass is 279 g/mol. The van der Waals surface area contributed by atoms with Crippen molar-refractivity contribution < 1.29 is 4.79 Å². The number of carbonyl (C=O) groups is 1. The van der Waals surface area contributed by atoms with Gasteiger partial charge < -0.3 is 15.1 Å². The molecule has 1 spiro atoms. The molecule has 0 bridgehead atoms. The molecule has 0 unspecified atom stereocenters. The summed E-state index contributed by atoms with van der Waals surface area (Å²) in [6.07, 6.45) is 6.50. The molecule has 0 radical (unpaired) electrons. The average molecular weight is 279 g/mol. The van der Waals surface area contributed by atoms with Crippen LogP contribution < -0.4 is 5.32 Å². The first kappa shape index (κ1) is 14.3. The normalized spacial score (nSPS) is 35.2. The Kier molecular flexibility index (Phi) is 4.04. The summed E-state index contributed by atoms with van der Waals surface area (Å²) in [5.74, 6) is 0.241. The SMILES string of the molecule is CCN(C(C)=O)C1CCN(C2CC3(CCNC3)C2)CC1. The highest BCUT2D eigenvalue weighted by Crippen LogP contribution is 2.48. The van der Waals surface area contributed by atoms with Crippen molar-refractivity contribution in [1.29, 1.82) is 0 Å². The smallest absolute Gasteiger partial charge is 0.219 e. The van der Waals surface area contributed by atoms with Crippen molar-refractivity contribution in [3.05, 3.63) is 0 Å². The van der Waals surface area contributed by atoms with Gasteiger partial charge in [-0.3, -0.25) is 4.79 Å². The van der Waals surface area contributed by atoms with Crippen LogP contribution in [0.1, 0.15) is 46.0 Å². The Hall–Kier alpha value is -0.610. The molecule has 1 N–H and O–H groups in total. The Morgan fingerprint density at radius 1 is 1.35 bits per heavy atom. The first-order chi connectivity index (χ1) is 9.63. The minimum Gasteiger partial charge on any atom is -0.340 e. The van der Waals surface area contributed by atoms with E-state index in [0.717, 1.165) is 25.4 Å². The Bertz CT molecular complexity index is 349. The van der Waals surface area contributed by atoms with Gasteiger partial charge in [0.25, 0.3) is 0 Å². The van der Waals surface area contributed by atoms with Crippen LogP contribution in [0, 0.1) is 5.41 Å². The molecule has 2 heterocycles. The van der Waals surface area contributed by atoms with Crippen LogP contribution in [-0.4, -0.2) is 60.5 Å². The maximum atomic E-state index is 11.6. The Balaban J connectivity index is 1.46. The van der Waals surface area contributed by atoms with Crippen LogP contribution >= 0.6 is 0 Å². The Morgan fingerprint density at radius 3 is 2.55 bits per heavy atom. The Labute approximate surface area is 122 Å². The Morgan fingerprint density at radius 2 is 2.05 bits per heavy atom. The molecular weight excluding hydrogens is 250 g/mol. The zero-order valence-corrected chi connectivity index (χ0v) is 13.0. The van der Waals surface area contributed by atoms with E-state index in [1.165, 1.54) is 45.4 Å². The molecule has 3 fully saturated rings. The zero-order valence-electron chi connectivity index (χ0n) is 13.0. The van der Waals surface area contributed by atoms with Gasteiger partial charge in [-0.1, -0.05) is 0 Å². The summed E-state index contributed by atoms with van der Waals surface area (Å²) in [5, 5.41) is 3.52. The topological polar surface area (TPSA) is 35.6 Å². The van der Waals surface area contributed by atoms with Crippen LogP contribution in [0.5, 0.6) is 0 Å². The van der Waals surface area contributed by atoms with Crippen LogP contribution in [0.2, 0.25) is 0 Å². The van der Waals surface area contributed by atoms with Crippen molar-refractivity contribution in [2.75, 3.05) is 32.7 Å². The molecule has 4 nitrogen and oxygen atoms in total. The third kappa shape index (κ3) is 2.60. The minimum atomic E-state index is 0.241. The van der Waals surface area contributed by atoms with E-state index in [2.05, 4.69) is 22.0 Å². The van der Waals surface area contributed by atoms with Crippen molar-refractivity contribution in [2.45, 2.75) is 58.0 Å². The zero-order chi connectivity index (χ0) is 14.2. The fourth-order valence-electron chi connectivity index (χ4n) is 4.64. The largest absolute Gasteiger partial charge is 0.340 e. The predicted molar refractivity (Wildman–Crippen MR) is 80.6 cm³/mol. The first-order valence-electron chi connectivity index (χ1n) is 8.35. The lowest BCUT2D eigenvalue weighted by molar-refractivity contribution is -0.132. The summed E-state index contributed by atoms with van der Waals surface area (Å²) >= 11 is 0. The van der Waals surface area contributed by atoms with Gasteiger partial charge in [0.1, 0.15) is 0 Å². The molecule has 0 aromatic rings. The highest BCUT2D eigenvalue weighted by Gasteiger charge is 2.48. The number of hydrogen-bond donors (Lipinski definition) is 1. The second-order valence-corrected chi connectivity index (χ2v) is 7.06. The molecule has 3 aliphatic rings. The van der Waals surface area contributed by atoms with Crippen molar-refractivity contribution in [2.24, 2.45) is 5.41 Å². The summed E-state index contributed by atoms with van der Waals surface area (Å²) in [6.45, 7) is 9.49. The van der Waals surface area contributed by atoms with E-state index in [1.807, 2.05) is 0 Å². The number of nitrogens with one attached hydrogen (secondary N) is 1. The lowest BCUT2D eigenvalue weighted by Crippen LogP contribution is -2.56. The summed E-state index contributed by atoms with van der Waals surface area (Å²) in [6, 6.07) is 1.30. The average Bonchev–Trinajstić information content (AvgIpc) is 2.88. The highest BCUT2D eigenvalue weighted by atomic mass is 16.2. The molecule has 1 amide bonds. The van der Waals surface area contributed by atoms with Gasteiger partial charge in [0, 0.05) is 45.2 Å². The summed E-state index contributed by atoms with van der Waals surface area (Å²) < 4.78 is 0. The van der Waals surface area contributed by atoms with Crippen LogP contribution in [0.25, 0.3) is 0 Å². The number of amides is 1. The molecule has 0 aromatic heterocycles. The molecule has 0 aromatic carbocycles. The molecule has 20 heavy (non-hydrogen) atoms. The molecule has 114 valence electrons. The molecule has 3 rings (SSSR count). The van der Waals surface area contributed by atoms with Crippen LogP contribution in [-0.2, 0) is 4.79 Å². The maximum absolute atomic E-state index is 11.6. The molecule has 4 heteroatoms. The van der Waals surface area contributed by atoms with Gasteiger partial charge >= 0.3 is 0 Å². The summed E-state index contributed by atoms with van der Waals surface area (Å²) in [4.78, 5) is 16.4. The van der Waals surface area contributed by atoms with Gasteiger partial charge in [-0.25, -0.2) is 0 Å². The van der Waals surface area contributed by atoms with Gasteiger partial charge in [-0.15, -0.1) is 0 Å². The van der Waals surface area contributed by atoms with Crippen LogP contribution in [0.15, 0.2) is 0 Å². The van der Waals surface area contributed by atoms with E-state index in [4.69, 9.17) is 0 Å². The van der Waals surface area contributed by atoms with E-state index in [-0.39, 0.29) is 5.91 Å². The molecule has 0 atom stereocenters. The quantitative estimate of drug-likeness (QED) is 0.849. The highest BCUT2D eigenvalue weighted by molar-refractivity contribution is 5.73. The number of carbonyl (C=O) groups excluding carboxylic acids is 1. The van der Waals surface area contributed by atoms with Crippen LogP contribution in [0.4, 0.5) is 0 Å². The first-order valence-corrected chi connectivity index (χ1v) is 8.35. The number of piperidine rings is 1. The second-order valence-electron chi connectivity index (χ2n) is 7.06. The van der Waals surface area contributed by atoms with Crippen molar-refractivity contribution >= 4 is 5.91 Å². The predicted octanol–water partition coefficient (Wildman–Crippen LogP) is 1.46. The molecule has 1 aliphatic carbocycles. The minimum absolute atomic E-state index is 0.241. The fourth-order valence-corrected chi connectivity index (χ4v) is 4.64. The van der Waals surface area contributed by atoms with Crippen molar-refractivity contribution in [3.8, 4) is 0 Å². The van der Waals surface area contributed by atoms with Gasteiger partial charge in [-0.2, -0.15) is 0 Å². The summed E-state index contributed by atoms with van der Waals surface area (Å²) in [5.41, 5.74) is 0.649. The van der Waals surface area contributed by atoms with Gasteiger partial charge in [0.2, 0.25) is 5.91 Å². The number of hydrogen-bond acceptors (Lipinski definition) is 3. The van der Waals surface area contributed by atoms with E-state index >= 15 is 0 Å². The van der Waals surface area contributed by atoms with Crippen LogP contribution in [0.3, 0.4) is 0 Å². The fraction of sp³-hybridized carbons (Fsp3) is 0.938. The summed E-state index contributed by atoms with van der Waals surface area (Å²) in [7, 11) is 0. The van der Waals surface area contributed by atoms with E-state index < -0.39 is 0 Å². The van der Waals surface area contributed by atoms with Crippen molar-refractivity contribution in [1.82, 2.24) is 15.1 Å². The molecular formula is C16H29N3O. The van der Waals surface area contributed by atoms with Gasteiger partial charge in [-0.05, 0) is 51.0 Å². The maximum Gasteiger partial charge on any atom is 0.219 e. The van der Waals surface area contributed by atoms with E-state index in [1.54, 1.807) is 6.92 Å². The lowest BCUT2D eigenvalue weighted by atomic mass is 9.64. The number of rotatable bonds is 3.